The van der Waals surface area contributed by atoms with Crippen LogP contribution in [-0.4, -0.2) is 17.5 Å². The summed E-state index contributed by atoms with van der Waals surface area (Å²) in [7, 11) is 0. The van der Waals surface area contributed by atoms with Gasteiger partial charge >= 0.3 is 0 Å². The number of halogens is 1. The van der Waals surface area contributed by atoms with Crippen molar-refractivity contribution in [3.8, 4) is 5.75 Å². The number of hydrogen-bond donors (Lipinski definition) is 1. The predicted octanol–water partition coefficient (Wildman–Crippen LogP) is 4.01. The van der Waals surface area contributed by atoms with E-state index in [0.29, 0.717) is 5.75 Å². The molecule has 0 atom stereocenters. The van der Waals surface area contributed by atoms with Crippen molar-refractivity contribution in [3.05, 3.63) is 65.3 Å². The lowest BCUT2D eigenvalue weighted by molar-refractivity contribution is -0.118. The summed E-state index contributed by atoms with van der Waals surface area (Å²) >= 11 is 3.35. The van der Waals surface area contributed by atoms with Crippen LogP contribution in [-0.2, 0) is 4.79 Å². The van der Waals surface area contributed by atoms with Crippen molar-refractivity contribution in [2.24, 2.45) is 0 Å². The van der Waals surface area contributed by atoms with Gasteiger partial charge in [-0.1, -0.05) is 34.1 Å². The zero-order valence-electron chi connectivity index (χ0n) is 11.6. The summed E-state index contributed by atoms with van der Waals surface area (Å²) in [6.07, 6.45) is 1.71. The van der Waals surface area contributed by atoms with Crippen molar-refractivity contribution in [1.29, 1.82) is 0 Å². The summed E-state index contributed by atoms with van der Waals surface area (Å²) in [6.45, 7) is -0.0637. The molecule has 4 nitrogen and oxygen atoms in total. The Balaban J connectivity index is 1.66. The van der Waals surface area contributed by atoms with Gasteiger partial charge in [0.2, 0.25) is 0 Å². The number of aromatic nitrogens is 1. The standard InChI is InChI=1S/C17H13BrN2O2/c18-13-6-8-14(9-7-13)20-16(21)11-22-15-5-1-3-12-4-2-10-19-17(12)15/h1-10H,11H2,(H,20,21). The Morgan fingerprint density at radius 1 is 1.09 bits per heavy atom. The molecule has 22 heavy (non-hydrogen) atoms. The molecule has 0 aliphatic rings. The lowest BCUT2D eigenvalue weighted by Crippen LogP contribution is -2.20. The molecule has 1 aromatic heterocycles. The quantitative estimate of drug-likeness (QED) is 0.768. The topological polar surface area (TPSA) is 51.2 Å². The number of ether oxygens (including phenoxy) is 1. The average Bonchev–Trinajstić information content (AvgIpc) is 2.55. The Morgan fingerprint density at radius 3 is 2.68 bits per heavy atom. The molecule has 0 fully saturated rings. The van der Waals surface area contributed by atoms with Crippen molar-refractivity contribution in [2.75, 3.05) is 11.9 Å². The van der Waals surface area contributed by atoms with Crippen LogP contribution >= 0.6 is 15.9 Å². The van der Waals surface area contributed by atoms with Crippen LogP contribution in [0, 0.1) is 0 Å². The highest BCUT2D eigenvalue weighted by Gasteiger charge is 2.07. The molecule has 1 amide bonds. The number of hydrogen-bond acceptors (Lipinski definition) is 3. The lowest BCUT2D eigenvalue weighted by atomic mass is 10.2. The maximum atomic E-state index is 11.9. The summed E-state index contributed by atoms with van der Waals surface area (Å²) in [5, 5.41) is 3.76. The monoisotopic (exact) mass is 356 g/mol. The molecule has 0 radical (unpaired) electrons. The molecule has 5 heteroatoms. The van der Waals surface area contributed by atoms with E-state index in [2.05, 4.69) is 26.2 Å². The first kappa shape index (κ1) is 14.5. The number of carbonyl (C=O) groups is 1. The summed E-state index contributed by atoms with van der Waals surface area (Å²) < 4.78 is 6.55. The zero-order chi connectivity index (χ0) is 15.4. The number of nitrogens with one attached hydrogen (secondary N) is 1. The van der Waals surface area contributed by atoms with E-state index >= 15 is 0 Å². The SMILES string of the molecule is O=C(COc1cccc2cccnc12)Nc1ccc(Br)cc1. The van der Waals surface area contributed by atoms with Crippen molar-refractivity contribution in [1.82, 2.24) is 4.98 Å². The predicted molar refractivity (Wildman–Crippen MR) is 90.0 cm³/mol. The molecule has 0 aliphatic heterocycles. The van der Waals surface area contributed by atoms with Gasteiger partial charge in [-0.15, -0.1) is 0 Å². The van der Waals surface area contributed by atoms with Gasteiger partial charge in [0.05, 0.1) is 0 Å². The number of nitrogens with zero attached hydrogens (tertiary/aromatic N) is 1. The molecule has 0 aliphatic carbocycles. The van der Waals surface area contributed by atoms with Crippen LogP contribution in [0.5, 0.6) is 5.75 Å². The first-order chi connectivity index (χ1) is 10.7. The van der Waals surface area contributed by atoms with Crippen LogP contribution in [0.3, 0.4) is 0 Å². The fraction of sp³-hybridized carbons (Fsp3) is 0.0588. The number of amides is 1. The van der Waals surface area contributed by atoms with Crippen molar-refractivity contribution in [2.45, 2.75) is 0 Å². The maximum Gasteiger partial charge on any atom is 0.262 e. The number of fused-ring (bicyclic) bond motifs is 1. The summed E-state index contributed by atoms with van der Waals surface area (Å²) in [6, 6.07) is 16.8. The lowest BCUT2D eigenvalue weighted by Gasteiger charge is -2.09. The molecule has 1 N–H and O–H groups in total. The Morgan fingerprint density at radius 2 is 1.86 bits per heavy atom. The fourth-order valence-electron chi connectivity index (χ4n) is 2.07. The highest BCUT2D eigenvalue weighted by atomic mass is 79.9. The molecule has 0 spiro atoms. The van der Waals surface area contributed by atoms with Gasteiger partial charge in [0.15, 0.2) is 6.61 Å². The molecule has 3 aromatic rings. The minimum absolute atomic E-state index is 0.0637. The number of benzene rings is 2. The van der Waals surface area contributed by atoms with Crippen molar-refractivity contribution in [3.63, 3.8) is 0 Å². The Bertz CT molecular complexity index is 798. The second-order valence-electron chi connectivity index (χ2n) is 4.68. The van der Waals surface area contributed by atoms with Crippen LogP contribution in [0.1, 0.15) is 0 Å². The first-order valence-corrected chi connectivity index (χ1v) is 7.53. The third-order valence-electron chi connectivity index (χ3n) is 3.08. The van der Waals surface area contributed by atoms with E-state index in [0.717, 1.165) is 21.1 Å². The van der Waals surface area contributed by atoms with E-state index in [1.54, 1.807) is 6.20 Å². The molecule has 3 rings (SSSR count). The minimum atomic E-state index is -0.213. The van der Waals surface area contributed by atoms with E-state index in [1.807, 2.05) is 54.6 Å². The first-order valence-electron chi connectivity index (χ1n) is 6.74. The van der Waals surface area contributed by atoms with E-state index in [-0.39, 0.29) is 12.5 Å². The van der Waals surface area contributed by atoms with Crippen molar-refractivity contribution >= 4 is 38.4 Å². The van der Waals surface area contributed by atoms with Gasteiger partial charge in [0.1, 0.15) is 11.3 Å². The molecule has 110 valence electrons. The van der Waals surface area contributed by atoms with Crippen molar-refractivity contribution < 1.29 is 9.53 Å². The highest BCUT2D eigenvalue weighted by molar-refractivity contribution is 9.10. The second-order valence-corrected chi connectivity index (χ2v) is 5.59. The smallest absolute Gasteiger partial charge is 0.262 e. The van der Waals surface area contributed by atoms with Gasteiger partial charge in [0.25, 0.3) is 5.91 Å². The van der Waals surface area contributed by atoms with Crippen LogP contribution < -0.4 is 10.1 Å². The molecule has 0 bridgehead atoms. The summed E-state index contributed by atoms with van der Waals surface area (Å²) in [4.78, 5) is 16.2. The molecular formula is C17H13BrN2O2. The Kier molecular flexibility index (Phi) is 4.34. The van der Waals surface area contributed by atoms with Crippen LogP contribution in [0.15, 0.2) is 65.3 Å². The third-order valence-corrected chi connectivity index (χ3v) is 3.61. The second kappa shape index (κ2) is 6.58. The summed E-state index contributed by atoms with van der Waals surface area (Å²) in [5.41, 5.74) is 1.48. The van der Waals surface area contributed by atoms with Gasteiger partial charge in [-0.3, -0.25) is 9.78 Å². The van der Waals surface area contributed by atoms with E-state index in [4.69, 9.17) is 4.74 Å². The minimum Gasteiger partial charge on any atom is -0.481 e. The highest BCUT2D eigenvalue weighted by Crippen LogP contribution is 2.22. The molecule has 2 aromatic carbocycles. The molecule has 0 saturated carbocycles. The Labute approximate surface area is 136 Å². The van der Waals surface area contributed by atoms with Gasteiger partial charge in [-0.25, -0.2) is 0 Å². The number of para-hydroxylation sites is 1. The number of pyridine rings is 1. The van der Waals surface area contributed by atoms with Gasteiger partial charge in [0, 0.05) is 21.7 Å². The van der Waals surface area contributed by atoms with E-state index in [1.165, 1.54) is 0 Å². The van der Waals surface area contributed by atoms with E-state index in [9.17, 15) is 4.79 Å². The largest absolute Gasteiger partial charge is 0.481 e. The maximum absolute atomic E-state index is 11.9. The number of anilines is 1. The zero-order valence-corrected chi connectivity index (χ0v) is 13.2. The molecule has 0 unspecified atom stereocenters. The molecular weight excluding hydrogens is 344 g/mol. The van der Waals surface area contributed by atoms with Gasteiger partial charge in [-0.05, 0) is 36.4 Å². The molecule has 1 heterocycles. The van der Waals surface area contributed by atoms with Gasteiger partial charge < -0.3 is 10.1 Å². The molecule has 0 saturated heterocycles. The third kappa shape index (κ3) is 3.43. The van der Waals surface area contributed by atoms with Gasteiger partial charge in [-0.2, -0.15) is 0 Å². The van der Waals surface area contributed by atoms with Crippen LogP contribution in [0.2, 0.25) is 0 Å². The average molecular weight is 357 g/mol. The van der Waals surface area contributed by atoms with Crippen LogP contribution in [0.4, 0.5) is 5.69 Å². The normalized spacial score (nSPS) is 10.4. The number of carbonyl (C=O) groups excluding carboxylic acids is 1. The van der Waals surface area contributed by atoms with E-state index < -0.39 is 0 Å². The summed E-state index contributed by atoms with van der Waals surface area (Å²) in [5.74, 6) is 0.388. The van der Waals surface area contributed by atoms with Crippen LogP contribution in [0.25, 0.3) is 10.9 Å². The number of rotatable bonds is 4. The Hall–Kier alpha value is -2.40. The fourth-order valence-corrected chi connectivity index (χ4v) is 2.33.